The Kier molecular flexibility index (Phi) is 6.27. The van der Waals surface area contributed by atoms with Gasteiger partial charge in [0.2, 0.25) is 5.79 Å². The molecule has 0 bridgehead atoms. The van der Waals surface area contributed by atoms with Crippen molar-refractivity contribution >= 4 is 5.97 Å². The number of esters is 1. The van der Waals surface area contributed by atoms with Crippen LogP contribution in [0.25, 0.3) is 0 Å². The van der Waals surface area contributed by atoms with E-state index in [0.717, 1.165) is 32.1 Å². The van der Waals surface area contributed by atoms with Gasteiger partial charge in [0.25, 0.3) is 0 Å². The topological polar surface area (TPSA) is 92.7 Å². The summed E-state index contributed by atoms with van der Waals surface area (Å²) in [4.78, 5) is 13.5. The number of aliphatic hydroxyl groups is 1. The van der Waals surface area contributed by atoms with Crippen LogP contribution in [-0.2, 0) is 33.2 Å². The van der Waals surface area contributed by atoms with Crippen LogP contribution in [0, 0.1) is 23.2 Å². The Balaban J connectivity index is 1.18. The lowest BCUT2D eigenvalue weighted by Crippen LogP contribution is -2.50. The largest absolute Gasteiger partial charge is 0.469 e. The number of aliphatic hydroxyl groups excluding tert-OH is 1. The molecule has 0 radical (unpaired) electrons. The minimum Gasteiger partial charge on any atom is -0.469 e. The molecule has 11 atom stereocenters. The van der Waals surface area contributed by atoms with Crippen LogP contribution in [0.5, 0.6) is 0 Å². The first-order chi connectivity index (χ1) is 17.2. The molecule has 0 aromatic heterocycles. The van der Waals surface area contributed by atoms with E-state index in [4.69, 9.17) is 28.4 Å². The smallest absolute Gasteiger partial charge is 0.309 e. The van der Waals surface area contributed by atoms with Crippen LogP contribution < -0.4 is 0 Å². The molecular formula is C28H40O8. The van der Waals surface area contributed by atoms with Crippen molar-refractivity contribution in [1.29, 1.82) is 0 Å². The Labute approximate surface area is 213 Å². The summed E-state index contributed by atoms with van der Waals surface area (Å²) in [7, 11) is 1.62. The van der Waals surface area contributed by atoms with Crippen LogP contribution in [0.15, 0.2) is 23.5 Å². The molecule has 8 heteroatoms. The molecule has 200 valence electrons. The molecule has 1 saturated carbocycles. The Morgan fingerprint density at radius 2 is 2.06 bits per heavy atom. The highest BCUT2D eigenvalue weighted by atomic mass is 16.7. The van der Waals surface area contributed by atoms with Gasteiger partial charge in [-0.25, -0.2) is 0 Å². The van der Waals surface area contributed by atoms with Crippen molar-refractivity contribution in [2.45, 2.75) is 108 Å². The van der Waals surface area contributed by atoms with Gasteiger partial charge in [0.05, 0.1) is 43.0 Å². The standard InChI is InChI=1S/C28H40O8/c1-15-25(29)21(31-4)12-23(34-15)35-18-9-10-27(2)17(11-18)6-7-19-20(27)8-5-16-13-32-28(3)24(16)22(14-33-28)36-26(19)30/h6,13,15,18-25,29H,5,7-12,14H2,1-4H3/t15-,18+,19-,20+,21-,22-,23+,24-,25-,27+,28+/m1/s1. The predicted molar refractivity (Wildman–Crippen MR) is 128 cm³/mol. The first-order valence-electron chi connectivity index (χ1n) is 13.6. The normalized spacial score (nSPS) is 50.2. The van der Waals surface area contributed by atoms with Gasteiger partial charge in [0.1, 0.15) is 12.2 Å². The number of hydrogen-bond donors (Lipinski definition) is 1. The van der Waals surface area contributed by atoms with Crippen LogP contribution >= 0.6 is 0 Å². The molecule has 3 saturated heterocycles. The third kappa shape index (κ3) is 3.95. The quantitative estimate of drug-likeness (QED) is 0.460. The van der Waals surface area contributed by atoms with Gasteiger partial charge >= 0.3 is 5.97 Å². The molecule has 8 nitrogen and oxygen atoms in total. The summed E-state index contributed by atoms with van der Waals surface area (Å²) in [5.41, 5.74) is 2.54. The molecule has 0 unspecified atom stereocenters. The van der Waals surface area contributed by atoms with E-state index in [2.05, 4.69) is 13.0 Å². The molecule has 0 aromatic rings. The molecule has 36 heavy (non-hydrogen) atoms. The van der Waals surface area contributed by atoms with E-state index in [1.54, 1.807) is 7.11 Å². The van der Waals surface area contributed by atoms with Crippen molar-refractivity contribution in [3.05, 3.63) is 23.5 Å². The molecule has 2 aliphatic carbocycles. The highest BCUT2D eigenvalue weighted by Crippen LogP contribution is 2.57. The zero-order valence-electron chi connectivity index (χ0n) is 21.8. The lowest BCUT2D eigenvalue weighted by molar-refractivity contribution is -0.265. The number of allylic oxidation sites excluding steroid dienone is 1. The van der Waals surface area contributed by atoms with E-state index in [-0.39, 0.29) is 59.8 Å². The van der Waals surface area contributed by atoms with Crippen molar-refractivity contribution in [3.63, 3.8) is 0 Å². The predicted octanol–water partition coefficient (Wildman–Crippen LogP) is 3.62. The number of hydrogen-bond acceptors (Lipinski definition) is 8. The third-order valence-electron chi connectivity index (χ3n) is 10.0. The zero-order valence-corrected chi connectivity index (χ0v) is 21.8. The van der Waals surface area contributed by atoms with E-state index < -0.39 is 11.9 Å². The van der Waals surface area contributed by atoms with E-state index in [1.165, 1.54) is 11.1 Å². The number of fused-ring (bicyclic) bond motifs is 3. The molecule has 0 amide bonds. The molecule has 6 aliphatic rings. The van der Waals surface area contributed by atoms with Gasteiger partial charge in [0, 0.05) is 20.5 Å². The number of carbonyl (C=O) groups excluding carboxylic acids is 1. The molecule has 4 aliphatic heterocycles. The highest BCUT2D eigenvalue weighted by molar-refractivity contribution is 5.74. The monoisotopic (exact) mass is 504 g/mol. The van der Waals surface area contributed by atoms with Crippen molar-refractivity contribution in [2.75, 3.05) is 13.7 Å². The summed E-state index contributed by atoms with van der Waals surface area (Å²) in [6.45, 7) is 6.54. The van der Waals surface area contributed by atoms with Gasteiger partial charge in [-0.2, -0.15) is 0 Å². The van der Waals surface area contributed by atoms with Gasteiger partial charge in [-0.05, 0) is 62.4 Å². The number of rotatable bonds is 3. The fourth-order valence-corrected chi connectivity index (χ4v) is 7.86. The lowest BCUT2D eigenvalue weighted by Gasteiger charge is -2.50. The third-order valence-corrected chi connectivity index (χ3v) is 10.0. The second kappa shape index (κ2) is 9.09. The maximum atomic E-state index is 13.5. The average Bonchev–Trinajstić information content (AvgIpc) is 3.36. The van der Waals surface area contributed by atoms with Crippen LogP contribution in [0.4, 0.5) is 0 Å². The average molecular weight is 505 g/mol. The second-order valence-corrected chi connectivity index (χ2v) is 12.0. The number of methoxy groups -OCH3 is 1. The van der Waals surface area contributed by atoms with Gasteiger partial charge in [-0.3, -0.25) is 4.79 Å². The van der Waals surface area contributed by atoms with E-state index in [0.29, 0.717) is 19.4 Å². The van der Waals surface area contributed by atoms with Crippen molar-refractivity contribution in [1.82, 2.24) is 0 Å². The van der Waals surface area contributed by atoms with E-state index in [1.807, 2.05) is 20.1 Å². The van der Waals surface area contributed by atoms with Gasteiger partial charge in [0.15, 0.2) is 6.29 Å². The molecular weight excluding hydrogens is 464 g/mol. The molecule has 0 aromatic carbocycles. The summed E-state index contributed by atoms with van der Waals surface area (Å²) in [6, 6.07) is 0. The number of ether oxygens (including phenoxy) is 6. The van der Waals surface area contributed by atoms with Crippen LogP contribution in [0.1, 0.15) is 65.7 Å². The van der Waals surface area contributed by atoms with E-state index in [9.17, 15) is 9.90 Å². The Bertz CT molecular complexity index is 946. The molecule has 4 heterocycles. The molecule has 0 spiro atoms. The van der Waals surface area contributed by atoms with Crippen LogP contribution in [0.3, 0.4) is 0 Å². The molecule has 1 N–H and O–H groups in total. The first kappa shape index (κ1) is 24.9. The fraction of sp³-hybridized carbons (Fsp3) is 0.821. The summed E-state index contributed by atoms with van der Waals surface area (Å²) in [6.07, 6.45) is 8.04. The first-order valence-corrected chi connectivity index (χ1v) is 13.6. The summed E-state index contributed by atoms with van der Waals surface area (Å²) in [5.74, 6) is -0.727. The minimum atomic E-state index is -0.713. The molecule has 4 fully saturated rings. The van der Waals surface area contributed by atoms with Gasteiger partial charge < -0.3 is 33.5 Å². The van der Waals surface area contributed by atoms with Crippen molar-refractivity contribution in [2.24, 2.45) is 23.2 Å². The van der Waals surface area contributed by atoms with Crippen molar-refractivity contribution < 1.29 is 38.3 Å². The summed E-state index contributed by atoms with van der Waals surface area (Å²) < 4.78 is 35.8. The van der Waals surface area contributed by atoms with E-state index >= 15 is 0 Å². The van der Waals surface area contributed by atoms with Crippen LogP contribution in [-0.4, -0.2) is 67.4 Å². The summed E-state index contributed by atoms with van der Waals surface area (Å²) >= 11 is 0. The number of carbonyl (C=O) groups is 1. The lowest BCUT2D eigenvalue weighted by atomic mass is 9.55. The maximum absolute atomic E-state index is 13.5. The Morgan fingerprint density at radius 3 is 2.86 bits per heavy atom. The summed E-state index contributed by atoms with van der Waals surface area (Å²) in [5, 5.41) is 10.3. The minimum absolute atomic E-state index is 0.0155. The fourth-order valence-electron chi connectivity index (χ4n) is 7.86. The van der Waals surface area contributed by atoms with Gasteiger partial charge in [-0.15, -0.1) is 0 Å². The highest BCUT2D eigenvalue weighted by Gasteiger charge is 2.58. The SMILES string of the molecule is CO[C@@H]1C[C@H](O[C@H]2CC[C@@]3(C)C(=CC[C@H]4C(=O)O[C@@H]5CO[C@]6(C)OC=C(CC[C@@H]43)[C@H]56)C2)O[C@H](C)[C@H]1O. The maximum Gasteiger partial charge on any atom is 0.309 e. The Hall–Kier alpha value is -1.45. The van der Waals surface area contributed by atoms with Crippen molar-refractivity contribution in [3.8, 4) is 0 Å². The molecule has 6 rings (SSSR count). The zero-order chi connectivity index (χ0) is 25.2. The van der Waals surface area contributed by atoms with Gasteiger partial charge in [-0.1, -0.05) is 18.6 Å². The second-order valence-electron chi connectivity index (χ2n) is 12.0. The van der Waals surface area contributed by atoms with Crippen LogP contribution in [0.2, 0.25) is 0 Å². The Morgan fingerprint density at radius 1 is 1.22 bits per heavy atom.